The molecule has 2 N–H and O–H groups in total. The number of aliphatic hydroxyl groups is 2. The monoisotopic (exact) mass is 242 g/mol. The van der Waals surface area contributed by atoms with Crippen LogP contribution in [0.15, 0.2) is 48.8 Å². The topological polar surface area (TPSA) is 66.2 Å². The second-order valence-electron chi connectivity index (χ2n) is 4.54. The lowest BCUT2D eigenvalue weighted by Crippen LogP contribution is -2.52. The number of aromatic nitrogens is 2. The van der Waals surface area contributed by atoms with Gasteiger partial charge in [0.1, 0.15) is 0 Å². The van der Waals surface area contributed by atoms with Gasteiger partial charge in [0.05, 0.1) is 24.0 Å². The predicted octanol–water partition coefficient (Wildman–Crippen LogP) is 1.08. The van der Waals surface area contributed by atoms with E-state index in [-0.39, 0.29) is 11.8 Å². The Kier molecular flexibility index (Phi) is 2.81. The van der Waals surface area contributed by atoms with Crippen LogP contribution < -0.4 is 0 Å². The van der Waals surface area contributed by atoms with Crippen LogP contribution in [0.3, 0.4) is 0 Å². The van der Waals surface area contributed by atoms with E-state index in [1.165, 1.54) is 0 Å². The average molecular weight is 242 g/mol. The molecule has 4 nitrogen and oxygen atoms in total. The van der Waals surface area contributed by atoms with Crippen molar-refractivity contribution in [3.05, 3.63) is 60.2 Å². The molecule has 0 aliphatic heterocycles. The van der Waals surface area contributed by atoms with Gasteiger partial charge in [-0.15, -0.1) is 0 Å². The summed E-state index contributed by atoms with van der Waals surface area (Å²) in [4.78, 5) is 8.38. The molecule has 4 heteroatoms. The normalized spacial score (nSPS) is 30.8. The fraction of sp³-hybridized carbons (Fsp3) is 0.286. The highest BCUT2D eigenvalue weighted by molar-refractivity contribution is 5.29. The van der Waals surface area contributed by atoms with E-state index < -0.39 is 12.2 Å². The zero-order valence-corrected chi connectivity index (χ0v) is 9.72. The van der Waals surface area contributed by atoms with Crippen molar-refractivity contribution < 1.29 is 10.2 Å². The van der Waals surface area contributed by atoms with E-state index in [4.69, 9.17) is 0 Å². The lowest BCUT2D eigenvalue weighted by atomic mass is 9.66. The van der Waals surface area contributed by atoms with Gasteiger partial charge in [-0.25, -0.2) is 0 Å². The van der Waals surface area contributed by atoms with Gasteiger partial charge in [-0.3, -0.25) is 9.97 Å². The highest BCUT2D eigenvalue weighted by Crippen LogP contribution is 2.46. The van der Waals surface area contributed by atoms with Crippen molar-refractivity contribution in [1.29, 1.82) is 0 Å². The number of hydrogen-bond donors (Lipinski definition) is 2. The first kappa shape index (κ1) is 11.3. The molecule has 1 saturated carbocycles. The fourth-order valence-corrected chi connectivity index (χ4v) is 2.55. The number of rotatable bonds is 2. The molecule has 2 heterocycles. The summed E-state index contributed by atoms with van der Waals surface area (Å²) in [6.07, 6.45) is 2.07. The Morgan fingerprint density at radius 3 is 1.50 bits per heavy atom. The van der Waals surface area contributed by atoms with Crippen LogP contribution in [0.5, 0.6) is 0 Å². The van der Waals surface area contributed by atoms with Crippen molar-refractivity contribution in [2.45, 2.75) is 24.0 Å². The summed E-state index contributed by atoms with van der Waals surface area (Å²) in [6.45, 7) is 0. The summed E-state index contributed by atoms with van der Waals surface area (Å²) < 4.78 is 0. The molecule has 0 spiro atoms. The van der Waals surface area contributed by atoms with Gasteiger partial charge in [-0.2, -0.15) is 0 Å². The Balaban J connectivity index is 1.84. The minimum atomic E-state index is -0.634. The van der Waals surface area contributed by atoms with Crippen LogP contribution in [0.1, 0.15) is 23.2 Å². The average Bonchev–Trinajstić information content (AvgIpc) is 2.41. The third kappa shape index (κ3) is 1.70. The van der Waals surface area contributed by atoms with Gasteiger partial charge >= 0.3 is 0 Å². The smallest absolute Gasteiger partial charge is 0.0757 e. The third-order valence-electron chi connectivity index (χ3n) is 3.53. The molecule has 3 rings (SSSR count). The van der Waals surface area contributed by atoms with Crippen LogP contribution in [-0.2, 0) is 0 Å². The number of hydrogen-bond acceptors (Lipinski definition) is 4. The Bertz CT molecular complexity index is 460. The van der Waals surface area contributed by atoms with Crippen molar-refractivity contribution in [1.82, 2.24) is 9.97 Å². The van der Waals surface area contributed by atoms with Gasteiger partial charge in [-0.1, -0.05) is 12.1 Å². The maximum Gasteiger partial charge on any atom is 0.0757 e. The van der Waals surface area contributed by atoms with Gasteiger partial charge in [0, 0.05) is 23.8 Å². The van der Waals surface area contributed by atoms with Gasteiger partial charge in [-0.05, 0) is 24.3 Å². The summed E-state index contributed by atoms with van der Waals surface area (Å²) in [5, 5.41) is 20.4. The predicted molar refractivity (Wildman–Crippen MR) is 66.0 cm³/mol. The highest BCUT2D eigenvalue weighted by atomic mass is 16.3. The van der Waals surface area contributed by atoms with Crippen LogP contribution in [0.4, 0.5) is 0 Å². The van der Waals surface area contributed by atoms with E-state index in [1.54, 1.807) is 12.4 Å². The quantitative estimate of drug-likeness (QED) is 0.827. The molecule has 92 valence electrons. The van der Waals surface area contributed by atoms with Crippen molar-refractivity contribution in [3.63, 3.8) is 0 Å². The molecule has 0 radical (unpaired) electrons. The van der Waals surface area contributed by atoms with Gasteiger partial charge in [0.15, 0.2) is 0 Å². The largest absolute Gasteiger partial charge is 0.392 e. The molecular formula is C14H14N2O2. The van der Waals surface area contributed by atoms with Crippen molar-refractivity contribution >= 4 is 0 Å². The summed E-state index contributed by atoms with van der Waals surface area (Å²) in [5.41, 5.74) is 1.45. The summed E-state index contributed by atoms with van der Waals surface area (Å²) in [6, 6.07) is 11.0. The standard InChI is InChI=1S/C14H14N2O2/c17-13-11(9-5-1-3-7-15-9)14(18)12(13)10-6-2-4-8-16-10/h1-8,11-14,17-18H. The fourth-order valence-electron chi connectivity index (χ4n) is 2.55. The Hall–Kier alpha value is -1.78. The summed E-state index contributed by atoms with van der Waals surface area (Å²) in [7, 11) is 0. The van der Waals surface area contributed by atoms with E-state index in [2.05, 4.69) is 9.97 Å². The number of pyridine rings is 2. The second kappa shape index (κ2) is 4.48. The SMILES string of the molecule is OC1C(c2ccccn2)C(O)C1c1ccccn1. The number of nitrogens with zero attached hydrogens (tertiary/aromatic N) is 2. The molecule has 0 saturated heterocycles. The Labute approximate surface area is 105 Å². The van der Waals surface area contributed by atoms with Crippen LogP contribution in [-0.4, -0.2) is 32.4 Å². The molecular weight excluding hydrogens is 228 g/mol. The molecule has 0 aromatic carbocycles. The van der Waals surface area contributed by atoms with Gasteiger partial charge in [0.25, 0.3) is 0 Å². The Morgan fingerprint density at radius 2 is 1.17 bits per heavy atom. The van der Waals surface area contributed by atoms with Crippen molar-refractivity contribution in [2.75, 3.05) is 0 Å². The van der Waals surface area contributed by atoms with Crippen LogP contribution >= 0.6 is 0 Å². The van der Waals surface area contributed by atoms with Crippen molar-refractivity contribution in [2.24, 2.45) is 0 Å². The van der Waals surface area contributed by atoms with Gasteiger partial charge < -0.3 is 10.2 Å². The maximum atomic E-state index is 10.2. The first-order chi connectivity index (χ1) is 8.79. The minimum Gasteiger partial charge on any atom is -0.392 e. The maximum absolute atomic E-state index is 10.2. The highest BCUT2D eigenvalue weighted by Gasteiger charge is 2.51. The summed E-state index contributed by atoms with van der Waals surface area (Å²) in [5.74, 6) is -0.642. The molecule has 0 bridgehead atoms. The lowest BCUT2D eigenvalue weighted by Gasteiger charge is -2.45. The second-order valence-corrected chi connectivity index (χ2v) is 4.54. The molecule has 1 aliphatic carbocycles. The first-order valence-corrected chi connectivity index (χ1v) is 5.97. The molecule has 2 aromatic rings. The van der Waals surface area contributed by atoms with E-state index in [1.807, 2.05) is 36.4 Å². The molecule has 2 aromatic heterocycles. The minimum absolute atomic E-state index is 0.321. The van der Waals surface area contributed by atoms with E-state index in [0.717, 1.165) is 11.4 Å². The molecule has 18 heavy (non-hydrogen) atoms. The lowest BCUT2D eigenvalue weighted by molar-refractivity contribution is -0.0813. The van der Waals surface area contributed by atoms with Crippen LogP contribution in [0, 0.1) is 0 Å². The first-order valence-electron chi connectivity index (χ1n) is 5.97. The zero-order chi connectivity index (χ0) is 12.5. The van der Waals surface area contributed by atoms with Crippen molar-refractivity contribution in [3.8, 4) is 0 Å². The van der Waals surface area contributed by atoms with E-state index in [9.17, 15) is 10.2 Å². The third-order valence-corrected chi connectivity index (χ3v) is 3.53. The molecule has 0 unspecified atom stereocenters. The van der Waals surface area contributed by atoms with Crippen LogP contribution in [0.2, 0.25) is 0 Å². The van der Waals surface area contributed by atoms with E-state index >= 15 is 0 Å². The van der Waals surface area contributed by atoms with Gasteiger partial charge in [0.2, 0.25) is 0 Å². The zero-order valence-electron chi connectivity index (χ0n) is 9.72. The summed E-state index contributed by atoms with van der Waals surface area (Å²) >= 11 is 0. The molecule has 0 atom stereocenters. The Morgan fingerprint density at radius 1 is 0.722 bits per heavy atom. The number of aliphatic hydroxyl groups excluding tert-OH is 2. The van der Waals surface area contributed by atoms with E-state index in [0.29, 0.717) is 0 Å². The molecule has 1 fully saturated rings. The molecule has 0 amide bonds. The van der Waals surface area contributed by atoms with Crippen LogP contribution in [0.25, 0.3) is 0 Å². The molecule has 1 aliphatic rings.